The SMILES string of the molecule is CC(CCC(C)(C)C(C)(C)C(CC(C)(C)CCCO)c1ccccc1)CC(C)(C)C(C)(C)CC(c1ccccc1)C(C)(C)CCO. The smallest absolute Gasteiger partial charge is 0.0436 e. The van der Waals surface area contributed by atoms with E-state index in [0.29, 0.717) is 17.8 Å². The van der Waals surface area contributed by atoms with Gasteiger partial charge in [0, 0.05) is 13.2 Å². The second-order valence-corrected chi connectivity index (χ2v) is 19.0. The van der Waals surface area contributed by atoms with Crippen molar-refractivity contribution in [3.63, 3.8) is 0 Å². The minimum atomic E-state index is 0.0205. The molecule has 2 N–H and O–H groups in total. The van der Waals surface area contributed by atoms with Crippen LogP contribution in [0.2, 0.25) is 0 Å². The first-order valence-electron chi connectivity index (χ1n) is 18.4. The van der Waals surface area contributed by atoms with Crippen molar-refractivity contribution in [1.82, 2.24) is 0 Å². The monoisotopic (exact) mass is 635 g/mol. The summed E-state index contributed by atoms with van der Waals surface area (Å²) in [6.07, 6.45) is 8.59. The van der Waals surface area contributed by atoms with Gasteiger partial charge in [0.1, 0.15) is 0 Å². The summed E-state index contributed by atoms with van der Waals surface area (Å²) in [5, 5.41) is 19.5. The number of hydrogen-bond acceptors (Lipinski definition) is 2. The summed E-state index contributed by atoms with van der Waals surface area (Å²) in [5.41, 5.74) is 3.58. The fourth-order valence-electron chi connectivity index (χ4n) is 8.12. The molecule has 0 saturated carbocycles. The van der Waals surface area contributed by atoms with Crippen LogP contribution in [0.25, 0.3) is 0 Å². The van der Waals surface area contributed by atoms with E-state index < -0.39 is 0 Å². The zero-order valence-corrected chi connectivity index (χ0v) is 32.5. The van der Waals surface area contributed by atoms with Gasteiger partial charge in [-0.25, -0.2) is 0 Å². The molecule has 2 aromatic rings. The molecule has 0 aliphatic rings. The molecule has 0 aromatic heterocycles. The molecule has 46 heavy (non-hydrogen) atoms. The summed E-state index contributed by atoms with van der Waals surface area (Å²) < 4.78 is 0. The van der Waals surface area contributed by atoms with Crippen LogP contribution in [0.3, 0.4) is 0 Å². The Kier molecular flexibility index (Phi) is 14.3. The lowest BCUT2D eigenvalue weighted by molar-refractivity contribution is 0.0236. The molecule has 2 rings (SSSR count). The molecule has 0 radical (unpaired) electrons. The average molecular weight is 635 g/mol. The van der Waals surface area contributed by atoms with E-state index in [4.69, 9.17) is 0 Å². The lowest BCUT2D eigenvalue weighted by Gasteiger charge is -2.51. The van der Waals surface area contributed by atoms with Gasteiger partial charge in [-0.1, -0.05) is 157 Å². The Morgan fingerprint density at radius 2 is 1.00 bits per heavy atom. The molecule has 0 aliphatic heterocycles. The van der Waals surface area contributed by atoms with Gasteiger partial charge in [-0.2, -0.15) is 0 Å². The number of rotatable bonds is 20. The van der Waals surface area contributed by atoms with Gasteiger partial charge in [0.05, 0.1) is 0 Å². The van der Waals surface area contributed by atoms with E-state index in [1.165, 1.54) is 30.4 Å². The molecular weight excluding hydrogens is 560 g/mol. The molecule has 2 nitrogen and oxygen atoms in total. The maximum Gasteiger partial charge on any atom is 0.0436 e. The second kappa shape index (κ2) is 16.2. The van der Waals surface area contributed by atoms with Gasteiger partial charge in [-0.3, -0.25) is 0 Å². The third-order valence-corrected chi connectivity index (χ3v) is 13.2. The Labute approximate surface area is 286 Å². The molecule has 0 saturated heterocycles. The van der Waals surface area contributed by atoms with Gasteiger partial charge in [0.2, 0.25) is 0 Å². The van der Waals surface area contributed by atoms with Crippen LogP contribution in [0, 0.1) is 38.4 Å². The van der Waals surface area contributed by atoms with Crippen LogP contribution in [-0.2, 0) is 0 Å². The van der Waals surface area contributed by atoms with Crippen molar-refractivity contribution in [2.45, 2.75) is 153 Å². The second-order valence-electron chi connectivity index (χ2n) is 19.0. The van der Waals surface area contributed by atoms with Crippen molar-refractivity contribution in [2.75, 3.05) is 13.2 Å². The Hall–Kier alpha value is -1.64. The van der Waals surface area contributed by atoms with Crippen LogP contribution in [0.4, 0.5) is 0 Å². The topological polar surface area (TPSA) is 40.5 Å². The average Bonchev–Trinajstić information content (AvgIpc) is 2.97. The number of aliphatic hydroxyl groups excluding tert-OH is 2. The maximum atomic E-state index is 9.94. The van der Waals surface area contributed by atoms with Crippen LogP contribution in [0.1, 0.15) is 164 Å². The van der Waals surface area contributed by atoms with Crippen LogP contribution >= 0.6 is 0 Å². The highest BCUT2D eigenvalue weighted by atomic mass is 16.3. The molecule has 2 aromatic carbocycles. The Morgan fingerprint density at radius 3 is 1.48 bits per heavy atom. The maximum absolute atomic E-state index is 9.94. The molecule has 0 fully saturated rings. The van der Waals surface area contributed by atoms with E-state index >= 15 is 0 Å². The summed E-state index contributed by atoms with van der Waals surface area (Å²) in [7, 11) is 0. The summed E-state index contributed by atoms with van der Waals surface area (Å²) >= 11 is 0. The summed E-state index contributed by atoms with van der Waals surface area (Å²) in [6, 6.07) is 22.2. The van der Waals surface area contributed by atoms with Gasteiger partial charge in [-0.15, -0.1) is 0 Å². The Morgan fingerprint density at radius 1 is 0.522 bits per heavy atom. The van der Waals surface area contributed by atoms with E-state index in [1.54, 1.807) is 0 Å². The molecule has 0 amide bonds. The number of benzene rings is 2. The molecule has 2 heteroatoms. The first-order valence-corrected chi connectivity index (χ1v) is 18.4. The normalized spacial score (nSPS) is 15.9. The van der Waals surface area contributed by atoms with E-state index in [1.807, 2.05) is 0 Å². The van der Waals surface area contributed by atoms with Crippen molar-refractivity contribution in [1.29, 1.82) is 0 Å². The lowest BCUT2D eigenvalue weighted by Crippen LogP contribution is -2.40. The van der Waals surface area contributed by atoms with Gasteiger partial charge in [-0.05, 0) is 106 Å². The lowest BCUT2D eigenvalue weighted by atomic mass is 9.54. The zero-order valence-electron chi connectivity index (χ0n) is 32.5. The molecule has 0 aliphatic carbocycles. The fraction of sp³-hybridized carbons (Fsp3) is 0.727. The predicted molar refractivity (Wildman–Crippen MR) is 201 cm³/mol. The van der Waals surface area contributed by atoms with Crippen LogP contribution in [0.5, 0.6) is 0 Å². The first kappa shape index (κ1) is 40.5. The minimum Gasteiger partial charge on any atom is -0.396 e. The van der Waals surface area contributed by atoms with Crippen LogP contribution in [-0.4, -0.2) is 23.4 Å². The molecule has 3 atom stereocenters. The standard InChI is InChI=1S/C44H74O2/c1-34(31-42(8,9)43(10,11)33-37(40(4,5)28-30-46)35-21-16-14-17-22-35)25-27-41(6,7)44(12,13)38(36-23-18-15-19-24-36)32-39(2,3)26-20-29-45/h14-19,21-24,34,37-38,45-46H,20,25-33H2,1-13H3. The highest BCUT2D eigenvalue weighted by Crippen LogP contribution is 2.57. The fourth-order valence-corrected chi connectivity index (χ4v) is 8.12. The van der Waals surface area contributed by atoms with Crippen molar-refractivity contribution >= 4 is 0 Å². The quantitative estimate of drug-likeness (QED) is 0.152. The zero-order chi connectivity index (χ0) is 35.0. The number of hydrogen-bond donors (Lipinski definition) is 2. The van der Waals surface area contributed by atoms with Gasteiger partial charge in [0.15, 0.2) is 0 Å². The number of aliphatic hydroxyl groups is 2. The van der Waals surface area contributed by atoms with Crippen LogP contribution < -0.4 is 0 Å². The summed E-state index contributed by atoms with van der Waals surface area (Å²) in [5.74, 6) is 1.46. The highest BCUT2D eigenvalue weighted by Gasteiger charge is 2.46. The van der Waals surface area contributed by atoms with Crippen molar-refractivity contribution in [2.24, 2.45) is 38.4 Å². The largest absolute Gasteiger partial charge is 0.396 e. The van der Waals surface area contributed by atoms with Crippen molar-refractivity contribution < 1.29 is 10.2 Å². The van der Waals surface area contributed by atoms with Gasteiger partial charge >= 0.3 is 0 Å². The van der Waals surface area contributed by atoms with E-state index in [-0.39, 0.29) is 45.7 Å². The molecule has 0 spiro atoms. The third kappa shape index (κ3) is 10.7. The van der Waals surface area contributed by atoms with E-state index in [2.05, 4.69) is 151 Å². The molecular formula is C44H74O2. The van der Waals surface area contributed by atoms with Gasteiger partial charge < -0.3 is 10.2 Å². The van der Waals surface area contributed by atoms with E-state index in [0.717, 1.165) is 32.1 Å². The van der Waals surface area contributed by atoms with Crippen molar-refractivity contribution in [3.8, 4) is 0 Å². The summed E-state index contributed by atoms with van der Waals surface area (Å²) in [6.45, 7) is 32.5. The molecule has 3 unspecified atom stereocenters. The molecule has 262 valence electrons. The summed E-state index contributed by atoms with van der Waals surface area (Å²) in [4.78, 5) is 0. The highest BCUT2D eigenvalue weighted by molar-refractivity contribution is 5.24. The third-order valence-electron chi connectivity index (χ3n) is 13.2. The van der Waals surface area contributed by atoms with Crippen LogP contribution in [0.15, 0.2) is 60.7 Å². The van der Waals surface area contributed by atoms with Gasteiger partial charge in [0.25, 0.3) is 0 Å². The molecule has 0 heterocycles. The van der Waals surface area contributed by atoms with E-state index in [9.17, 15) is 10.2 Å². The van der Waals surface area contributed by atoms with Crippen molar-refractivity contribution in [3.05, 3.63) is 71.8 Å². The Balaban J connectivity index is 2.23. The Bertz CT molecular complexity index is 1140. The molecule has 0 bridgehead atoms. The first-order chi connectivity index (χ1) is 21.1. The predicted octanol–water partition coefficient (Wildman–Crippen LogP) is 12.5. The minimum absolute atomic E-state index is 0.0205.